The van der Waals surface area contributed by atoms with E-state index in [0.717, 1.165) is 40.2 Å². The smallest absolute Gasteiger partial charge is 0.275 e. The molecule has 1 unspecified atom stereocenters. The second kappa shape index (κ2) is 8.35. The van der Waals surface area contributed by atoms with Crippen LogP contribution in [-0.4, -0.2) is 43.5 Å². The molecular weight excluding hydrogens is 425 g/mol. The number of hydrogen-bond acceptors (Lipinski definition) is 5. The lowest BCUT2D eigenvalue weighted by atomic mass is 10.1. The van der Waals surface area contributed by atoms with E-state index in [4.69, 9.17) is 4.98 Å². The van der Waals surface area contributed by atoms with Gasteiger partial charge in [0.25, 0.3) is 5.91 Å². The molecule has 2 aromatic heterocycles. The van der Waals surface area contributed by atoms with Gasteiger partial charge in [-0.1, -0.05) is 0 Å². The van der Waals surface area contributed by atoms with Crippen molar-refractivity contribution in [3.8, 4) is 11.3 Å². The number of benzene rings is 2. The van der Waals surface area contributed by atoms with E-state index in [0.29, 0.717) is 17.8 Å². The van der Waals surface area contributed by atoms with E-state index in [1.54, 1.807) is 16.7 Å². The molecule has 1 N–H and O–H groups in total. The van der Waals surface area contributed by atoms with Crippen LogP contribution in [0.3, 0.4) is 0 Å². The molecule has 4 aromatic rings. The highest BCUT2D eigenvalue weighted by molar-refractivity contribution is 7.98. The second-order valence-corrected chi connectivity index (χ2v) is 8.81. The number of fused-ring (bicyclic) bond motifs is 1. The molecule has 1 saturated heterocycles. The van der Waals surface area contributed by atoms with E-state index in [1.165, 1.54) is 24.5 Å². The van der Waals surface area contributed by atoms with Crippen LogP contribution in [0.2, 0.25) is 0 Å². The van der Waals surface area contributed by atoms with Crippen molar-refractivity contribution in [1.29, 1.82) is 0 Å². The fourth-order valence-electron chi connectivity index (χ4n) is 4.30. The minimum atomic E-state index is -0.366. The van der Waals surface area contributed by atoms with Crippen LogP contribution >= 0.6 is 11.8 Å². The van der Waals surface area contributed by atoms with Crippen molar-refractivity contribution in [2.75, 3.05) is 12.8 Å². The highest BCUT2D eigenvalue weighted by Crippen LogP contribution is 2.34. The van der Waals surface area contributed by atoms with Gasteiger partial charge >= 0.3 is 0 Å². The number of carbonyl (C=O) groups is 1. The lowest BCUT2D eigenvalue weighted by molar-refractivity contribution is 0.0725. The van der Waals surface area contributed by atoms with Gasteiger partial charge in [0.15, 0.2) is 5.69 Å². The highest BCUT2D eigenvalue weighted by atomic mass is 32.2. The number of carbonyl (C=O) groups excluding carboxylic acids is 1. The summed E-state index contributed by atoms with van der Waals surface area (Å²) in [6.45, 7) is 2.42. The largest absolute Gasteiger partial charge is 0.340 e. The summed E-state index contributed by atoms with van der Waals surface area (Å²) in [4.78, 5) is 33.4. The number of halogens is 1. The molecule has 0 aliphatic carbocycles. The molecule has 2 aromatic carbocycles. The first-order chi connectivity index (χ1) is 15.5. The van der Waals surface area contributed by atoms with Crippen LogP contribution in [0, 0.1) is 12.7 Å². The van der Waals surface area contributed by atoms with Crippen LogP contribution in [0.15, 0.2) is 53.7 Å². The van der Waals surface area contributed by atoms with E-state index in [9.17, 15) is 9.18 Å². The molecule has 0 radical (unpaired) electrons. The van der Waals surface area contributed by atoms with Crippen molar-refractivity contribution in [2.45, 2.75) is 30.7 Å². The lowest BCUT2D eigenvalue weighted by Gasteiger charge is -2.23. The van der Waals surface area contributed by atoms with E-state index < -0.39 is 0 Å². The summed E-state index contributed by atoms with van der Waals surface area (Å²) in [6, 6.07) is 10.6. The Morgan fingerprint density at radius 2 is 2.03 bits per heavy atom. The van der Waals surface area contributed by atoms with Crippen LogP contribution in [-0.2, 0) is 0 Å². The third-order valence-electron chi connectivity index (χ3n) is 5.75. The number of H-pyrrole nitrogens is 1. The quantitative estimate of drug-likeness (QED) is 0.437. The molecule has 5 rings (SSSR count). The summed E-state index contributed by atoms with van der Waals surface area (Å²) in [5, 5.41) is 0. The first kappa shape index (κ1) is 20.6. The Morgan fingerprint density at radius 1 is 1.19 bits per heavy atom. The Balaban J connectivity index is 1.51. The molecule has 1 aliphatic heterocycles. The number of nitrogens with zero attached hydrogens (tertiary/aromatic N) is 4. The Morgan fingerprint density at radius 3 is 2.84 bits per heavy atom. The molecule has 0 spiro atoms. The second-order valence-electron chi connectivity index (χ2n) is 7.93. The summed E-state index contributed by atoms with van der Waals surface area (Å²) < 4.78 is 14.0. The van der Waals surface area contributed by atoms with Gasteiger partial charge in [0.05, 0.1) is 17.1 Å². The maximum absolute atomic E-state index is 14.0. The van der Waals surface area contributed by atoms with Crippen LogP contribution in [0.1, 0.15) is 40.8 Å². The van der Waals surface area contributed by atoms with Crippen LogP contribution in [0.25, 0.3) is 22.3 Å². The molecule has 8 heteroatoms. The molecule has 32 heavy (non-hydrogen) atoms. The number of hydrogen-bond donors (Lipinski definition) is 1. The van der Waals surface area contributed by atoms with Gasteiger partial charge in [-0.3, -0.25) is 9.78 Å². The van der Waals surface area contributed by atoms with Crippen LogP contribution in [0.5, 0.6) is 0 Å². The van der Waals surface area contributed by atoms with Crippen molar-refractivity contribution in [2.24, 2.45) is 0 Å². The molecule has 1 aliphatic rings. The van der Waals surface area contributed by atoms with Crippen LogP contribution in [0.4, 0.5) is 4.39 Å². The standard InChI is InChI=1S/C24H22FN5OS/c1-14-10-15(12-16(25)11-14)21-22(27-8-7-26-21)24(31)30-9-3-4-20(30)23-28-18-6-5-17(32-2)13-19(18)29-23/h5-8,10-13,20H,3-4,9H2,1-2H3,(H,28,29). The number of rotatable bonds is 4. The number of imidazole rings is 1. The molecule has 162 valence electrons. The zero-order chi connectivity index (χ0) is 22.2. The fourth-order valence-corrected chi connectivity index (χ4v) is 4.74. The van der Waals surface area contributed by atoms with Gasteiger partial charge < -0.3 is 9.88 Å². The maximum Gasteiger partial charge on any atom is 0.275 e. The summed E-state index contributed by atoms with van der Waals surface area (Å²) in [6.07, 6.45) is 6.75. The minimum Gasteiger partial charge on any atom is -0.340 e. The van der Waals surface area contributed by atoms with Gasteiger partial charge in [-0.05, 0) is 68.0 Å². The summed E-state index contributed by atoms with van der Waals surface area (Å²) >= 11 is 1.68. The van der Waals surface area contributed by atoms with E-state index in [2.05, 4.69) is 21.0 Å². The molecule has 6 nitrogen and oxygen atoms in total. The van der Waals surface area contributed by atoms with Crippen LogP contribution < -0.4 is 0 Å². The molecule has 3 heterocycles. The third-order valence-corrected chi connectivity index (χ3v) is 6.48. The number of thioether (sulfide) groups is 1. The Hall–Kier alpha value is -3.26. The van der Waals surface area contributed by atoms with Gasteiger partial charge in [0.1, 0.15) is 17.3 Å². The molecule has 1 amide bonds. The minimum absolute atomic E-state index is 0.170. The molecule has 0 bridgehead atoms. The monoisotopic (exact) mass is 447 g/mol. The molecule has 1 atom stereocenters. The van der Waals surface area contributed by atoms with Crippen molar-refractivity contribution in [3.63, 3.8) is 0 Å². The summed E-state index contributed by atoms with van der Waals surface area (Å²) in [5.74, 6) is 0.189. The van der Waals surface area contributed by atoms with Gasteiger partial charge in [-0.15, -0.1) is 11.8 Å². The van der Waals surface area contributed by atoms with E-state index in [-0.39, 0.29) is 23.5 Å². The Kier molecular flexibility index (Phi) is 5.38. The van der Waals surface area contributed by atoms with Crippen molar-refractivity contribution >= 4 is 28.7 Å². The van der Waals surface area contributed by atoms with E-state index >= 15 is 0 Å². The molecule has 0 saturated carbocycles. The van der Waals surface area contributed by atoms with Crippen molar-refractivity contribution < 1.29 is 9.18 Å². The number of aromatic nitrogens is 4. The predicted octanol–water partition coefficient (Wildman–Crippen LogP) is 5.17. The number of likely N-dealkylation sites (tertiary alicyclic amines) is 1. The average Bonchev–Trinajstić information content (AvgIpc) is 3.44. The Bertz CT molecular complexity index is 1300. The summed E-state index contributed by atoms with van der Waals surface area (Å²) in [5.41, 5.74) is 3.76. The van der Waals surface area contributed by atoms with Gasteiger partial charge in [0.2, 0.25) is 0 Å². The first-order valence-electron chi connectivity index (χ1n) is 10.5. The highest BCUT2D eigenvalue weighted by Gasteiger charge is 2.34. The van der Waals surface area contributed by atoms with Crippen molar-refractivity contribution in [3.05, 3.63) is 71.7 Å². The molecular formula is C24H22FN5OS. The predicted molar refractivity (Wildman–Crippen MR) is 123 cm³/mol. The number of aryl methyl sites for hydroxylation is 1. The third kappa shape index (κ3) is 3.75. The molecule has 1 fully saturated rings. The average molecular weight is 448 g/mol. The SMILES string of the molecule is CSc1ccc2nc(C3CCCN3C(=O)c3nccnc3-c3cc(C)cc(F)c3)[nH]c2c1. The zero-order valence-electron chi connectivity index (χ0n) is 17.8. The van der Waals surface area contributed by atoms with Gasteiger partial charge in [-0.25, -0.2) is 14.4 Å². The maximum atomic E-state index is 14.0. The normalized spacial score (nSPS) is 16.1. The number of amides is 1. The summed E-state index contributed by atoms with van der Waals surface area (Å²) in [7, 11) is 0. The first-order valence-corrected chi connectivity index (χ1v) is 11.7. The number of aromatic amines is 1. The van der Waals surface area contributed by atoms with Gasteiger partial charge in [0, 0.05) is 29.4 Å². The lowest BCUT2D eigenvalue weighted by Crippen LogP contribution is -2.32. The van der Waals surface area contributed by atoms with E-state index in [1.807, 2.05) is 31.4 Å². The van der Waals surface area contributed by atoms with Gasteiger partial charge in [-0.2, -0.15) is 0 Å². The zero-order valence-corrected chi connectivity index (χ0v) is 18.6. The Labute approximate surface area is 189 Å². The number of nitrogens with one attached hydrogen (secondary N) is 1. The topological polar surface area (TPSA) is 74.8 Å². The fraction of sp³-hybridized carbons (Fsp3) is 0.250. The van der Waals surface area contributed by atoms with Crippen molar-refractivity contribution in [1.82, 2.24) is 24.8 Å².